The molecule has 0 bridgehead atoms. The van der Waals surface area contributed by atoms with Gasteiger partial charge in [-0.2, -0.15) is 5.26 Å². The molecule has 6 heteroatoms. The van der Waals surface area contributed by atoms with Crippen molar-refractivity contribution in [1.82, 2.24) is 9.97 Å². The lowest BCUT2D eigenvalue weighted by Crippen LogP contribution is -2.02. The number of imidazole rings is 1. The van der Waals surface area contributed by atoms with E-state index in [0.29, 0.717) is 22.9 Å². The van der Waals surface area contributed by atoms with E-state index in [2.05, 4.69) is 22.2 Å². The Hall–Kier alpha value is -2.06. The fourth-order valence-corrected chi connectivity index (χ4v) is 2.15. The molecule has 0 atom stereocenters. The molecular formula is C15H16ClFN4. The topological polar surface area (TPSA) is 64.5 Å². The van der Waals surface area contributed by atoms with Crippen LogP contribution in [-0.2, 0) is 13.0 Å². The Bertz CT molecular complexity index is 660. The fraction of sp³-hybridized carbons (Fsp3) is 0.333. The minimum atomic E-state index is -0.462. The summed E-state index contributed by atoms with van der Waals surface area (Å²) in [6, 6.07) is 6.19. The van der Waals surface area contributed by atoms with Crippen LogP contribution in [0, 0.1) is 17.1 Å². The molecular weight excluding hydrogens is 291 g/mol. The second-order valence-electron chi connectivity index (χ2n) is 4.72. The smallest absolute Gasteiger partial charge is 0.152 e. The van der Waals surface area contributed by atoms with Crippen molar-refractivity contribution in [2.24, 2.45) is 0 Å². The molecule has 0 saturated carbocycles. The van der Waals surface area contributed by atoms with Gasteiger partial charge in [-0.05, 0) is 24.6 Å². The van der Waals surface area contributed by atoms with Gasteiger partial charge in [-0.1, -0.05) is 24.9 Å². The maximum atomic E-state index is 13.7. The molecule has 0 saturated heterocycles. The highest BCUT2D eigenvalue weighted by Gasteiger charge is 2.09. The molecule has 21 heavy (non-hydrogen) atoms. The number of aryl methyl sites for hydroxylation is 1. The van der Waals surface area contributed by atoms with E-state index in [1.54, 1.807) is 6.07 Å². The molecule has 110 valence electrons. The van der Waals surface area contributed by atoms with Gasteiger partial charge in [0.25, 0.3) is 0 Å². The van der Waals surface area contributed by atoms with E-state index in [-0.39, 0.29) is 0 Å². The molecule has 0 aliphatic carbocycles. The number of nitrogens with one attached hydrogen (secondary N) is 2. The Morgan fingerprint density at radius 1 is 1.48 bits per heavy atom. The predicted octanol–water partition coefficient (Wildman–Crippen LogP) is 4.03. The van der Waals surface area contributed by atoms with Crippen molar-refractivity contribution in [3.8, 4) is 6.07 Å². The normalized spacial score (nSPS) is 10.4. The lowest BCUT2D eigenvalue weighted by atomic mass is 10.2. The Labute approximate surface area is 128 Å². The maximum Gasteiger partial charge on any atom is 0.152 e. The molecule has 0 spiro atoms. The standard InChI is InChI=1S/C15H16ClFN4/c1-2-3-4-14-20-13(15(16)21-14)9-19-12-6-5-10(8-18)7-11(12)17/h5-7,19H,2-4,9H2,1H3,(H,20,21). The first kappa shape index (κ1) is 15.3. The molecule has 0 aliphatic rings. The number of aromatic amines is 1. The van der Waals surface area contributed by atoms with Crippen LogP contribution in [-0.4, -0.2) is 9.97 Å². The lowest BCUT2D eigenvalue weighted by Gasteiger charge is -2.06. The van der Waals surface area contributed by atoms with Crippen LogP contribution in [0.1, 0.15) is 36.8 Å². The van der Waals surface area contributed by atoms with Crippen molar-refractivity contribution in [1.29, 1.82) is 5.26 Å². The molecule has 1 heterocycles. The zero-order valence-corrected chi connectivity index (χ0v) is 12.5. The van der Waals surface area contributed by atoms with Gasteiger partial charge in [-0.3, -0.25) is 0 Å². The van der Waals surface area contributed by atoms with Crippen LogP contribution in [0.2, 0.25) is 5.15 Å². The average molecular weight is 307 g/mol. The zero-order chi connectivity index (χ0) is 15.2. The second-order valence-corrected chi connectivity index (χ2v) is 5.07. The van der Waals surface area contributed by atoms with Crippen LogP contribution < -0.4 is 5.32 Å². The van der Waals surface area contributed by atoms with E-state index in [1.165, 1.54) is 12.1 Å². The second kappa shape index (κ2) is 7.09. The number of nitrogens with zero attached hydrogens (tertiary/aromatic N) is 2. The number of benzene rings is 1. The number of rotatable bonds is 6. The molecule has 0 aliphatic heterocycles. The Morgan fingerprint density at radius 3 is 2.95 bits per heavy atom. The highest BCUT2D eigenvalue weighted by molar-refractivity contribution is 6.30. The molecule has 0 radical (unpaired) electrons. The fourth-order valence-electron chi connectivity index (χ4n) is 1.93. The molecule has 2 N–H and O–H groups in total. The first-order valence-electron chi connectivity index (χ1n) is 6.80. The van der Waals surface area contributed by atoms with Crippen molar-refractivity contribution in [3.63, 3.8) is 0 Å². The lowest BCUT2D eigenvalue weighted by molar-refractivity contribution is 0.629. The number of halogens is 2. The average Bonchev–Trinajstić information content (AvgIpc) is 2.84. The summed E-state index contributed by atoms with van der Waals surface area (Å²) >= 11 is 6.06. The van der Waals surface area contributed by atoms with Crippen molar-refractivity contribution in [2.75, 3.05) is 5.32 Å². The Kier molecular flexibility index (Phi) is 5.18. The number of nitriles is 1. The molecule has 4 nitrogen and oxygen atoms in total. The van der Waals surface area contributed by atoms with Crippen molar-refractivity contribution >= 4 is 17.3 Å². The number of anilines is 1. The van der Waals surface area contributed by atoms with Crippen LogP contribution in [0.4, 0.5) is 10.1 Å². The van der Waals surface area contributed by atoms with Gasteiger partial charge in [0.1, 0.15) is 11.6 Å². The highest BCUT2D eigenvalue weighted by atomic mass is 35.5. The predicted molar refractivity (Wildman–Crippen MR) is 80.7 cm³/mol. The quantitative estimate of drug-likeness (QED) is 0.847. The van der Waals surface area contributed by atoms with E-state index in [9.17, 15) is 4.39 Å². The van der Waals surface area contributed by atoms with Crippen LogP contribution in [0.5, 0.6) is 0 Å². The van der Waals surface area contributed by atoms with Crippen LogP contribution in [0.3, 0.4) is 0 Å². The van der Waals surface area contributed by atoms with Gasteiger partial charge in [0, 0.05) is 6.42 Å². The minimum absolute atomic E-state index is 0.291. The van der Waals surface area contributed by atoms with Gasteiger partial charge in [0.15, 0.2) is 5.15 Å². The maximum absolute atomic E-state index is 13.7. The summed E-state index contributed by atoms with van der Waals surface area (Å²) in [4.78, 5) is 7.39. The number of aromatic nitrogens is 2. The summed E-state index contributed by atoms with van der Waals surface area (Å²) in [6.45, 7) is 2.46. The molecule has 1 aromatic heterocycles. The van der Waals surface area contributed by atoms with E-state index < -0.39 is 5.82 Å². The van der Waals surface area contributed by atoms with E-state index in [0.717, 1.165) is 30.8 Å². The van der Waals surface area contributed by atoms with Crippen molar-refractivity contribution in [3.05, 3.63) is 46.3 Å². The van der Waals surface area contributed by atoms with Crippen LogP contribution >= 0.6 is 11.6 Å². The molecule has 2 aromatic rings. The third-order valence-electron chi connectivity index (χ3n) is 3.10. The minimum Gasteiger partial charge on any atom is -0.377 e. The van der Waals surface area contributed by atoms with Gasteiger partial charge in [-0.25, -0.2) is 9.37 Å². The number of hydrogen-bond donors (Lipinski definition) is 2. The van der Waals surface area contributed by atoms with Gasteiger partial charge in [-0.15, -0.1) is 0 Å². The first-order chi connectivity index (χ1) is 10.1. The summed E-state index contributed by atoms with van der Waals surface area (Å²) < 4.78 is 13.7. The van der Waals surface area contributed by atoms with E-state index in [4.69, 9.17) is 16.9 Å². The summed E-state index contributed by atoms with van der Waals surface area (Å²) in [5.41, 5.74) is 1.35. The van der Waals surface area contributed by atoms with E-state index in [1.807, 2.05) is 6.07 Å². The molecule has 0 unspecified atom stereocenters. The largest absolute Gasteiger partial charge is 0.377 e. The monoisotopic (exact) mass is 306 g/mol. The number of H-pyrrole nitrogens is 1. The number of hydrogen-bond acceptors (Lipinski definition) is 3. The number of unbranched alkanes of at least 4 members (excludes halogenated alkanes) is 1. The van der Waals surface area contributed by atoms with Crippen molar-refractivity contribution < 1.29 is 4.39 Å². The Morgan fingerprint density at radius 2 is 2.29 bits per heavy atom. The summed E-state index contributed by atoms with van der Waals surface area (Å²) in [5.74, 6) is 0.384. The Balaban J connectivity index is 2.03. The summed E-state index contributed by atoms with van der Waals surface area (Å²) in [7, 11) is 0. The van der Waals surface area contributed by atoms with E-state index >= 15 is 0 Å². The molecule has 2 rings (SSSR count). The molecule has 1 aromatic carbocycles. The SMILES string of the molecule is CCCCc1nc(Cl)c(CNc2ccc(C#N)cc2F)[nH]1. The van der Waals surface area contributed by atoms with Crippen LogP contribution in [0.15, 0.2) is 18.2 Å². The highest BCUT2D eigenvalue weighted by Crippen LogP contribution is 2.19. The van der Waals surface area contributed by atoms with Crippen molar-refractivity contribution in [2.45, 2.75) is 32.7 Å². The van der Waals surface area contributed by atoms with Gasteiger partial charge >= 0.3 is 0 Å². The van der Waals surface area contributed by atoms with Gasteiger partial charge in [0.2, 0.25) is 0 Å². The molecule has 0 fully saturated rings. The first-order valence-corrected chi connectivity index (χ1v) is 7.18. The third-order valence-corrected chi connectivity index (χ3v) is 3.41. The summed E-state index contributed by atoms with van der Waals surface area (Å²) in [5, 5.41) is 12.1. The molecule has 0 amide bonds. The van der Waals surface area contributed by atoms with Crippen LogP contribution in [0.25, 0.3) is 0 Å². The third kappa shape index (κ3) is 3.96. The zero-order valence-electron chi connectivity index (χ0n) is 11.7. The van der Waals surface area contributed by atoms with Gasteiger partial charge in [0.05, 0.1) is 29.6 Å². The van der Waals surface area contributed by atoms with Gasteiger partial charge < -0.3 is 10.3 Å². The summed E-state index contributed by atoms with van der Waals surface area (Å²) in [6.07, 6.45) is 2.98.